The van der Waals surface area contributed by atoms with E-state index >= 15 is 0 Å². The molecule has 8 atom stereocenters. The Kier molecular flexibility index (Phi) is 11.8. The molecule has 0 bridgehead atoms. The van der Waals surface area contributed by atoms with Gasteiger partial charge in [0.15, 0.2) is 6.29 Å². The Labute approximate surface area is 256 Å². The van der Waals surface area contributed by atoms with Crippen molar-refractivity contribution >= 4 is 11.9 Å². The lowest BCUT2D eigenvalue weighted by molar-refractivity contribution is -0.290. The monoisotopic (exact) mass is 605 g/mol. The molecule has 2 aliphatic heterocycles. The summed E-state index contributed by atoms with van der Waals surface area (Å²) in [7, 11) is 5.64. The number of hydrogen-bond donors (Lipinski definition) is 1. The van der Waals surface area contributed by atoms with E-state index in [2.05, 4.69) is 11.8 Å². The first-order chi connectivity index (χ1) is 20.1. The van der Waals surface area contributed by atoms with Crippen LogP contribution < -0.4 is 0 Å². The number of ether oxygens (including phenoxy) is 6. The van der Waals surface area contributed by atoms with Crippen molar-refractivity contribution in [3.8, 4) is 0 Å². The highest BCUT2D eigenvalue weighted by molar-refractivity contribution is 5.89. The van der Waals surface area contributed by atoms with Crippen LogP contribution in [0.5, 0.6) is 0 Å². The van der Waals surface area contributed by atoms with Gasteiger partial charge in [0, 0.05) is 45.4 Å². The van der Waals surface area contributed by atoms with Crippen molar-refractivity contribution in [1.29, 1.82) is 0 Å². The van der Waals surface area contributed by atoms with E-state index < -0.39 is 47.7 Å². The molecule has 2 heterocycles. The average Bonchev–Trinajstić information content (AvgIpc) is 2.96. The second kappa shape index (κ2) is 14.5. The van der Waals surface area contributed by atoms with E-state index in [0.717, 1.165) is 0 Å². The first kappa shape index (κ1) is 35.0. The van der Waals surface area contributed by atoms with E-state index in [1.54, 1.807) is 52.1 Å². The smallest absolute Gasteiger partial charge is 0.340 e. The number of hydrogen-bond acceptors (Lipinski definition) is 10. The fourth-order valence-corrected chi connectivity index (χ4v) is 6.15. The van der Waals surface area contributed by atoms with Gasteiger partial charge in [-0.2, -0.15) is 0 Å². The molecule has 0 aromatic heterocycles. The van der Waals surface area contributed by atoms with Gasteiger partial charge in [0.2, 0.25) is 5.79 Å². The van der Waals surface area contributed by atoms with Crippen molar-refractivity contribution in [2.45, 2.75) is 97.2 Å². The van der Waals surface area contributed by atoms with E-state index in [-0.39, 0.29) is 31.1 Å². The van der Waals surface area contributed by atoms with E-state index in [9.17, 15) is 14.7 Å². The Bertz CT molecular complexity index is 1120. The molecule has 1 saturated heterocycles. The number of carbonyl (C=O) groups excluding carboxylic acids is 2. The van der Waals surface area contributed by atoms with Crippen LogP contribution in [0.2, 0.25) is 0 Å². The summed E-state index contributed by atoms with van der Waals surface area (Å²) in [5, 5.41) is 9.93. The summed E-state index contributed by atoms with van der Waals surface area (Å²) in [5.74, 6) is -2.15. The molecule has 10 nitrogen and oxygen atoms in total. The van der Waals surface area contributed by atoms with Gasteiger partial charge in [0.25, 0.3) is 0 Å². The van der Waals surface area contributed by atoms with Crippen LogP contribution in [0.4, 0.5) is 0 Å². The van der Waals surface area contributed by atoms with Gasteiger partial charge in [-0.1, -0.05) is 39.0 Å². The van der Waals surface area contributed by atoms with Gasteiger partial charge in [-0.25, -0.2) is 9.59 Å². The average molecular weight is 606 g/mol. The van der Waals surface area contributed by atoms with Crippen molar-refractivity contribution in [2.24, 2.45) is 17.8 Å². The standard InChI is InChI=1S/C33H51NO9/c1-20(18-35)17-33(7,38-10)28(22(3)27-23(4)29(36)43-32(5,6)42-27)41-31-21(2)26(34(8)9)16-25(40-31)19-39-30(37)24-14-12-11-13-15-24/h11-15,20-22,25-26,28,31,35H,16-19H2,1-10H3/t20-,21?,22+,25?,26?,28-,31?,33-/m1/s1. The molecule has 2 aliphatic rings. The number of benzene rings is 1. The largest absolute Gasteiger partial charge is 0.459 e. The number of aliphatic hydroxyl groups excluding tert-OH is 1. The van der Waals surface area contributed by atoms with Crippen molar-refractivity contribution in [2.75, 3.05) is 34.4 Å². The molecule has 10 heteroatoms. The van der Waals surface area contributed by atoms with Crippen LogP contribution in [0, 0.1) is 17.8 Å². The zero-order valence-corrected chi connectivity index (χ0v) is 27.4. The van der Waals surface area contributed by atoms with E-state index in [0.29, 0.717) is 29.7 Å². The predicted octanol–water partition coefficient (Wildman–Crippen LogP) is 4.55. The van der Waals surface area contributed by atoms with Gasteiger partial charge in [0.1, 0.15) is 12.4 Å². The molecule has 1 aromatic carbocycles. The van der Waals surface area contributed by atoms with E-state index in [1.807, 2.05) is 40.9 Å². The molecule has 3 rings (SSSR count). The molecule has 242 valence electrons. The quantitative estimate of drug-likeness (QED) is 0.321. The van der Waals surface area contributed by atoms with Crippen molar-refractivity contribution in [3.63, 3.8) is 0 Å². The Morgan fingerprint density at radius 2 is 1.84 bits per heavy atom. The second-order valence-electron chi connectivity index (χ2n) is 13.0. The number of esters is 2. The topological polar surface area (TPSA) is 113 Å². The molecule has 1 N–H and O–H groups in total. The predicted molar refractivity (Wildman–Crippen MR) is 161 cm³/mol. The molecular formula is C33H51NO9. The SMILES string of the molecule is CO[C@](C)(C[C@@H](C)CO)[C@H](OC1OC(COC(=O)c2ccccc2)CC(N(C)C)C1C)[C@@H](C)C1=C(C)C(=O)OC(C)(C)O1. The summed E-state index contributed by atoms with van der Waals surface area (Å²) in [6.07, 6.45) is -0.641. The number of carbonyl (C=O) groups is 2. The van der Waals surface area contributed by atoms with Gasteiger partial charge < -0.3 is 38.4 Å². The van der Waals surface area contributed by atoms with Crippen molar-refractivity contribution < 1.29 is 43.1 Å². The second-order valence-corrected chi connectivity index (χ2v) is 13.0. The zero-order valence-electron chi connectivity index (χ0n) is 27.4. The van der Waals surface area contributed by atoms with Crippen molar-refractivity contribution in [3.05, 3.63) is 47.2 Å². The van der Waals surface area contributed by atoms with Crippen LogP contribution in [0.3, 0.4) is 0 Å². The summed E-state index contributed by atoms with van der Waals surface area (Å²) in [5.41, 5.74) is -0.0554. The van der Waals surface area contributed by atoms with E-state index in [4.69, 9.17) is 28.4 Å². The maximum atomic E-state index is 12.8. The molecule has 4 unspecified atom stereocenters. The molecule has 0 radical (unpaired) electrons. The third-order valence-electron chi connectivity index (χ3n) is 8.59. The van der Waals surface area contributed by atoms with Crippen LogP contribution in [0.15, 0.2) is 41.7 Å². The lowest BCUT2D eigenvalue weighted by Gasteiger charge is -2.48. The zero-order chi connectivity index (χ0) is 32.1. The van der Waals surface area contributed by atoms with Crippen LogP contribution >= 0.6 is 0 Å². The minimum absolute atomic E-state index is 0.0223. The highest BCUT2D eigenvalue weighted by Gasteiger charge is 2.49. The molecule has 1 aromatic rings. The van der Waals surface area contributed by atoms with Gasteiger partial charge >= 0.3 is 11.9 Å². The number of nitrogens with zero attached hydrogens (tertiary/aromatic N) is 1. The molecule has 0 aliphatic carbocycles. The molecular weight excluding hydrogens is 554 g/mol. The summed E-state index contributed by atoms with van der Waals surface area (Å²) in [6.45, 7) is 13.0. The van der Waals surface area contributed by atoms with Gasteiger partial charge in [0.05, 0.1) is 28.9 Å². The lowest BCUT2D eigenvalue weighted by atomic mass is 9.80. The Morgan fingerprint density at radius 3 is 2.42 bits per heavy atom. The minimum Gasteiger partial charge on any atom is -0.459 e. The molecule has 0 amide bonds. The van der Waals surface area contributed by atoms with Crippen LogP contribution in [0.1, 0.15) is 71.7 Å². The van der Waals surface area contributed by atoms with Crippen molar-refractivity contribution in [1.82, 2.24) is 4.90 Å². The van der Waals surface area contributed by atoms with Crippen LogP contribution in [-0.4, -0.2) is 92.3 Å². The number of methoxy groups -OCH3 is 1. The summed E-state index contributed by atoms with van der Waals surface area (Å²) < 4.78 is 36.9. The third-order valence-corrected chi connectivity index (χ3v) is 8.59. The normalized spacial score (nSPS) is 27.5. The Hall–Kier alpha value is -2.50. The Morgan fingerprint density at radius 1 is 1.19 bits per heavy atom. The van der Waals surface area contributed by atoms with Crippen LogP contribution in [-0.2, 0) is 33.2 Å². The summed E-state index contributed by atoms with van der Waals surface area (Å²) in [6, 6.07) is 8.93. The Balaban J connectivity index is 1.94. The minimum atomic E-state index is -1.15. The highest BCUT2D eigenvalue weighted by atomic mass is 16.7. The van der Waals surface area contributed by atoms with Gasteiger partial charge in [-0.3, -0.25) is 0 Å². The third kappa shape index (κ3) is 8.57. The number of rotatable bonds is 13. The van der Waals surface area contributed by atoms with Gasteiger partial charge in [-0.15, -0.1) is 0 Å². The highest BCUT2D eigenvalue weighted by Crippen LogP contribution is 2.41. The lowest BCUT2D eigenvalue weighted by Crippen LogP contribution is -2.56. The van der Waals surface area contributed by atoms with Crippen LogP contribution in [0.25, 0.3) is 0 Å². The summed E-state index contributed by atoms with van der Waals surface area (Å²) in [4.78, 5) is 27.6. The molecule has 1 fully saturated rings. The maximum Gasteiger partial charge on any atom is 0.340 e. The molecule has 0 spiro atoms. The molecule has 43 heavy (non-hydrogen) atoms. The fourth-order valence-electron chi connectivity index (χ4n) is 6.15. The first-order valence-electron chi connectivity index (χ1n) is 15.1. The maximum absolute atomic E-state index is 12.8. The fraction of sp³-hybridized carbons (Fsp3) is 0.697. The number of cyclic esters (lactones) is 1. The summed E-state index contributed by atoms with van der Waals surface area (Å²) >= 11 is 0. The van der Waals surface area contributed by atoms with Gasteiger partial charge in [-0.05, 0) is 58.8 Å². The van der Waals surface area contributed by atoms with E-state index in [1.165, 1.54) is 0 Å². The molecule has 0 saturated carbocycles. The first-order valence-corrected chi connectivity index (χ1v) is 15.1. The number of aliphatic hydroxyl groups is 1.